The van der Waals surface area contributed by atoms with Gasteiger partial charge in [0.1, 0.15) is 5.75 Å². The number of carbonyl (C=O) groups excluding carboxylic acids is 1. The van der Waals surface area contributed by atoms with Crippen molar-refractivity contribution in [1.29, 1.82) is 0 Å². The quantitative estimate of drug-likeness (QED) is 0.847. The van der Waals surface area contributed by atoms with E-state index in [1.165, 1.54) is 5.56 Å². The second-order valence-electron chi connectivity index (χ2n) is 6.05. The predicted octanol–water partition coefficient (Wildman–Crippen LogP) is 3.45. The van der Waals surface area contributed by atoms with Crippen LogP contribution in [0.4, 0.5) is 0 Å². The highest BCUT2D eigenvalue weighted by Crippen LogP contribution is 2.24. The number of carbonyl (C=O) groups is 1. The van der Waals surface area contributed by atoms with Gasteiger partial charge >= 0.3 is 0 Å². The molecule has 0 aromatic heterocycles. The first-order valence-electron chi connectivity index (χ1n) is 8.03. The minimum atomic E-state index is -0.133. The fourth-order valence-corrected chi connectivity index (χ4v) is 2.78. The summed E-state index contributed by atoms with van der Waals surface area (Å²) in [5.41, 5.74) is 5.42. The smallest absolute Gasteiger partial charge is 0.258 e. The topological polar surface area (TPSA) is 47.6 Å². The number of hydrogen-bond acceptors (Lipinski definition) is 3. The number of amides is 1. The molecule has 2 aromatic carbocycles. The van der Waals surface area contributed by atoms with Crippen LogP contribution >= 0.6 is 0 Å². The maximum Gasteiger partial charge on any atom is 0.258 e. The van der Waals surface area contributed by atoms with Gasteiger partial charge in [-0.3, -0.25) is 4.79 Å². The Labute approximate surface area is 143 Å². The van der Waals surface area contributed by atoms with E-state index in [-0.39, 0.29) is 12.5 Å². The first-order chi connectivity index (χ1) is 11.5. The molecule has 0 fully saturated rings. The van der Waals surface area contributed by atoms with Gasteiger partial charge in [-0.1, -0.05) is 42.0 Å². The molecule has 2 aromatic rings. The molecule has 0 aliphatic carbocycles. The van der Waals surface area contributed by atoms with E-state index < -0.39 is 0 Å². The van der Waals surface area contributed by atoms with E-state index in [0.717, 1.165) is 28.0 Å². The maximum absolute atomic E-state index is 12.0. The zero-order valence-corrected chi connectivity index (χ0v) is 14.8. The van der Waals surface area contributed by atoms with Gasteiger partial charge in [-0.25, -0.2) is 0 Å². The van der Waals surface area contributed by atoms with Gasteiger partial charge in [-0.2, -0.15) is 0 Å². The Morgan fingerprint density at radius 2 is 1.71 bits per heavy atom. The van der Waals surface area contributed by atoms with Crippen LogP contribution in [-0.4, -0.2) is 19.6 Å². The minimum absolute atomic E-state index is 0.0164. The van der Waals surface area contributed by atoms with Crippen LogP contribution < -0.4 is 10.1 Å². The van der Waals surface area contributed by atoms with Crippen LogP contribution in [0.25, 0.3) is 0 Å². The molecule has 128 valence electrons. The predicted molar refractivity (Wildman–Crippen MR) is 95.1 cm³/mol. The van der Waals surface area contributed by atoms with Crippen molar-refractivity contribution in [1.82, 2.24) is 5.32 Å². The lowest BCUT2D eigenvalue weighted by Crippen LogP contribution is -2.28. The summed E-state index contributed by atoms with van der Waals surface area (Å²) in [5.74, 6) is 0.657. The number of rotatable bonds is 7. The maximum atomic E-state index is 12.0. The zero-order chi connectivity index (χ0) is 17.5. The molecule has 0 aliphatic heterocycles. The zero-order valence-electron chi connectivity index (χ0n) is 14.8. The molecule has 0 aliphatic rings. The molecule has 2 rings (SSSR count). The van der Waals surface area contributed by atoms with E-state index >= 15 is 0 Å². The molecule has 0 spiro atoms. The van der Waals surface area contributed by atoms with Gasteiger partial charge in [0, 0.05) is 13.7 Å². The number of hydrogen-bond donors (Lipinski definition) is 1. The van der Waals surface area contributed by atoms with Crippen molar-refractivity contribution >= 4 is 5.91 Å². The number of methoxy groups -OCH3 is 1. The Morgan fingerprint density at radius 3 is 2.38 bits per heavy atom. The second-order valence-corrected chi connectivity index (χ2v) is 6.05. The molecule has 1 amide bonds. The summed E-state index contributed by atoms with van der Waals surface area (Å²) in [4.78, 5) is 12.0. The second kappa shape index (κ2) is 8.50. The summed E-state index contributed by atoms with van der Waals surface area (Å²) >= 11 is 0. The van der Waals surface area contributed by atoms with E-state index in [0.29, 0.717) is 13.2 Å². The first kappa shape index (κ1) is 18.0. The summed E-state index contributed by atoms with van der Waals surface area (Å²) in [6.45, 7) is 7.10. The lowest BCUT2D eigenvalue weighted by molar-refractivity contribution is -0.123. The van der Waals surface area contributed by atoms with Crippen molar-refractivity contribution in [3.8, 4) is 5.75 Å². The van der Waals surface area contributed by atoms with Crippen LogP contribution in [-0.2, 0) is 22.7 Å². The van der Waals surface area contributed by atoms with Crippen LogP contribution in [0.15, 0.2) is 36.4 Å². The third kappa shape index (κ3) is 5.10. The number of benzene rings is 2. The van der Waals surface area contributed by atoms with Gasteiger partial charge in [0.2, 0.25) is 0 Å². The number of nitrogens with one attached hydrogen (secondary N) is 1. The van der Waals surface area contributed by atoms with Crippen LogP contribution in [0.5, 0.6) is 5.75 Å². The Hall–Kier alpha value is -2.33. The molecule has 0 saturated carbocycles. The third-order valence-corrected chi connectivity index (χ3v) is 3.74. The van der Waals surface area contributed by atoms with Gasteiger partial charge in [0.25, 0.3) is 5.91 Å². The molecule has 0 saturated heterocycles. The molecule has 4 nitrogen and oxygen atoms in total. The summed E-state index contributed by atoms with van der Waals surface area (Å²) in [5, 5.41) is 2.88. The van der Waals surface area contributed by atoms with Crippen molar-refractivity contribution in [2.24, 2.45) is 0 Å². The summed E-state index contributed by atoms with van der Waals surface area (Å²) in [6, 6.07) is 12.1. The number of aryl methyl sites for hydroxylation is 3. The van der Waals surface area contributed by atoms with Gasteiger partial charge in [-0.15, -0.1) is 0 Å². The summed E-state index contributed by atoms with van der Waals surface area (Å²) in [7, 11) is 1.67. The van der Waals surface area contributed by atoms with E-state index in [9.17, 15) is 4.79 Å². The van der Waals surface area contributed by atoms with Gasteiger partial charge in [-0.05, 0) is 43.0 Å². The molecule has 0 radical (unpaired) electrons. The molecule has 24 heavy (non-hydrogen) atoms. The van der Waals surface area contributed by atoms with Crippen LogP contribution in [0.2, 0.25) is 0 Å². The molecule has 0 heterocycles. The Bertz CT molecular complexity index is 687. The van der Waals surface area contributed by atoms with Gasteiger partial charge in [0.15, 0.2) is 6.61 Å². The van der Waals surface area contributed by atoms with E-state index in [1.54, 1.807) is 7.11 Å². The van der Waals surface area contributed by atoms with Crippen molar-refractivity contribution in [3.63, 3.8) is 0 Å². The summed E-state index contributed by atoms with van der Waals surface area (Å²) in [6.07, 6.45) is 0. The average Bonchev–Trinajstić information content (AvgIpc) is 2.52. The Morgan fingerprint density at radius 1 is 1.04 bits per heavy atom. The van der Waals surface area contributed by atoms with E-state index in [2.05, 4.69) is 17.4 Å². The highest BCUT2D eigenvalue weighted by atomic mass is 16.5. The summed E-state index contributed by atoms with van der Waals surface area (Å²) < 4.78 is 10.8. The van der Waals surface area contributed by atoms with E-state index in [1.807, 2.05) is 45.0 Å². The van der Waals surface area contributed by atoms with Crippen molar-refractivity contribution in [2.75, 3.05) is 13.7 Å². The van der Waals surface area contributed by atoms with Crippen LogP contribution in [0, 0.1) is 20.8 Å². The molecule has 4 heteroatoms. The Balaban J connectivity index is 1.87. The highest BCUT2D eigenvalue weighted by Gasteiger charge is 2.08. The fraction of sp³-hybridized carbons (Fsp3) is 0.350. The normalized spacial score (nSPS) is 10.5. The van der Waals surface area contributed by atoms with Crippen molar-refractivity contribution < 1.29 is 14.3 Å². The molecule has 0 bridgehead atoms. The number of ether oxygens (including phenoxy) is 2. The lowest BCUT2D eigenvalue weighted by atomic mass is 10.1. The largest absolute Gasteiger partial charge is 0.483 e. The van der Waals surface area contributed by atoms with E-state index in [4.69, 9.17) is 9.47 Å². The van der Waals surface area contributed by atoms with Crippen molar-refractivity contribution in [3.05, 3.63) is 64.2 Å². The average molecular weight is 327 g/mol. The monoisotopic (exact) mass is 327 g/mol. The molecule has 0 atom stereocenters. The lowest BCUT2D eigenvalue weighted by Gasteiger charge is -2.13. The van der Waals surface area contributed by atoms with Crippen LogP contribution in [0.3, 0.4) is 0 Å². The molecular weight excluding hydrogens is 302 g/mol. The molecule has 1 N–H and O–H groups in total. The van der Waals surface area contributed by atoms with Gasteiger partial charge < -0.3 is 14.8 Å². The van der Waals surface area contributed by atoms with Crippen LogP contribution in [0.1, 0.15) is 27.8 Å². The molecule has 0 unspecified atom stereocenters. The third-order valence-electron chi connectivity index (χ3n) is 3.74. The standard InChI is InChI=1S/C20H25NO3/c1-14-8-15(2)20(16(3)9-14)24-13-19(22)21-11-17-6-5-7-18(10-17)12-23-4/h5-10H,11-13H2,1-4H3,(H,21,22). The van der Waals surface area contributed by atoms with Gasteiger partial charge in [0.05, 0.1) is 6.61 Å². The fourth-order valence-electron chi connectivity index (χ4n) is 2.78. The molecular formula is C20H25NO3. The highest BCUT2D eigenvalue weighted by molar-refractivity contribution is 5.77. The first-order valence-corrected chi connectivity index (χ1v) is 8.03. The minimum Gasteiger partial charge on any atom is -0.483 e. The van der Waals surface area contributed by atoms with Crippen molar-refractivity contribution in [2.45, 2.75) is 33.9 Å². The SMILES string of the molecule is COCc1cccc(CNC(=O)COc2c(C)cc(C)cc2C)c1. The Kier molecular flexibility index (Phi) is 6.38.